The molecule has 0 radical (unpaired) electrons. The minimum absolute atomic E-state index is 0. The van der Waals surface area contributed by atoms with Crippen molar-refractivity contribution in [3.05, 3.63) is 29.3 Å². The molecule has 0 aromatic heterocycles. The van der Waals surface area contributed by atoms with E-state index in [4.69, 9.17) is 9.47 Å². The second-order valence-electron chi connectivity index (χ2n) is 6.75. The molecular formula is C17H24O5. The number of fused-ring (bicyclic) bond motifs is 5. The van der Waals surface area contributed by atoms with E-state index >= 15 is 0 Å². The molecule has 4 rings (SSSR count). The molecule has 4 atom stereocenters. The third-order valence-corrected chi connectivity index (χ3v) is 5.94. The highest BCUT2D eigenvalue weighted by Gasteiger charge is 2.62. The van der Waals surface area contributed by atoms with Crippen LogP contribution in [0.25, 0.3) is 0 Å². The van der Waals surface area contributed by atoms with Crippen LogP contribution in [0.2, 0.25) is 0 Å². The van der Waals surface area contributed by atoms with Gasteiger partial charge in [0, 0.05) is 12.5 Å². The van der Waals surface area contributed by atoms with Crippen molar-refractivity contribution < 1.29 is 25.2 Å². The van der Waals surface area contributed by atoms with E-state index in [2.05, 4.69) is 0 Å². The Balaban J connectivity index is 0.00000144. The van der Waals surface area contributed by atoms with Gasteiger partial charge in [0.15, 0.2) is 0 Å². The minimum atomic E-state index is -1.15. The van der Waals surface area contributed by atoms with Crippen LogP contribution in [0.5, 0.6) is 5.75 Å². The number of hydrogen-bond acceptors (Lipinski definition) is 4. The molecule has 1 heterocycles. The van der Waals surface area contributed by atoms with Gasteiger partial charge in [-0.3, -0.25) is 0 Å². The molecule has 5 heteroatoms. The molecule has 122 valence electrons. The predicted molar refractivity (Wildman–Crippen MR) is 80.8 cm³/mol. The van der Waals surface area contributed by atoms with Gasteiger partial charge in [0.1, 0.15) is 17.0 Å². The van der Waals surface area contributed by atoms with Gasteiger partial charge in [0.2, 0.25) is 0 Å². The Kier molecular flexibility index (Phi) is 3.72. The molecule has 0 bridgehead atoms. The van der Waals surface area contributed by atoms with Crippen LogP contribution >= 0.6 is 0 Å². The first-order chi connectivity index (χ1) is 10.1. The summed E-state index contributed by atoms with van der Waals surface area (Å²) >= 11 is 0. The average molecular weight is 308 g/mol. The highest BCUT2D eigenvalue weighted by atomic mass is 16.5. The second-order valence-corrected chi connectivity index (χ2v) is 6.75. The van der Waals surface area contributed by atoms with Gasteiger partial charge in [-0.05, 0) is 54.9 Å². The fraction of sp³-hybridized carbons (Fsp3) is 0.647. The summed E-state index contributed by atoms with van der Waals surface area (Å²) in [4.78, 5) is 0. The molecule has 5 nitrogen and oxygen atoms in total. The van der Waals surface area contributed by atoms with E-state index in [-0.39, 0.29) is 11.4 Å². The first-order valence-corrected chi connectivity index (χ1v) is 7.78. The van der Waals surface area contributed by atoms with Crippen LogP contribution in [0.15, 0.2) is 18.2 Å². The molecule has 2 fully saturated rings. The molecule has 1 aromatic rings. The molecule has 1 aromatic carbocycles. The van der Waals surface area contributed by atoms with Crippen LogP contribution in [0.1, 0.15) is 30.4 Å². The fourth-order valence-electron chi connectivity index (χ4n) is 4.72. The van der Waals surface area contributed by atoms with E-state index in [0.717, 1.165) is 36.3 Å². The van der Waals surface area contributed by atoms with E-state index in [0.29, 0.717) is 25.4 Å². The summed E-state index contributed by atoms with van der Waals surface area (Å²) in [7, 11) is 1.65. The van der Waals surface area contributed by atoms with E-state index in [1.165, 1.54) is 0 Å². The average Bonchev–Trinajstić information content (AvgIpc) is 2.98. The highest BCUT2D eigenvalue weighted by molar-refractivity contribution is 5.44. The van der Waals surface area contributed by atoms with Crippen molar-refractivity contribution in [1.82, 2.24) is 0 Å². The number of aliphatic hydroxyl groups is 2. The maximum absolute atomic E-state index is 11.4. The number of rotatable bonds is 1. The lowest BCUT2D eigenvalue weighted by molar-refractivity contribution is -0.225. The Labute approximate surface area is 130 Å². The van der Waals surface area contributed by atoms with Gasteiger partial charge < -0.3 is 25.2 Å². The summed E-state index contributed by atoms with van der Waals surface area (Å²) in [5, 5.41) is 22.7. The van der Waals surface area contributed by atoms with Crippen molar-refractivity contribution in [3.63, 3.8) is 0 Å². The smallest absolute Gasteiger partial charge is 0.119 e. The number of ether oxygens (including phenoxy) is 2. The van der Waals surface area contributed by atoms with Crippen LogP contribution in [0, 0.1) is 11.8 Å². The quantitative estimate of drug-likeness (QED) is 0.802. The van der Waals surface area contributed by atoms with Crippen LogP contribution in [0.4, 0.5) is 0 Å². The maximum atomic E-state index is 11.4. The first kappa shape index (κ1) is 15.7. The zero-order valence-electron chi connectivity index (χ0n) is 12.8. The molecule has 1 saturated carbocycles. The largest absolute Gasteiger partial charge is 0.497 e. The summed E-state index contributed by atoms with van der Waals surface area (Å²) in [5.41, 5.74) is -0.239. The molecule has 2 aliphatic carbocycles. The van der Waals surface area contributed by atoms with Crippen molar-refractivity contribution in [2.24, 2.45) is 11.8 Å². The van der Waals surface area contributed by atoms with Gasteiger partial charge in [-0.2, -0.15) is 0 Å². The Morgan fingerprint density at radius 3 is 2.82 bits per heavy atom. The Morgan fingerprint density at radius 1 is 1.23 bits per heavy atom. The lowest BCUT2D eigenvalue weighted by Gasteiger charge is -2.55. The van der Waals surface area contributed by atoms with E-state index in [1.54, 1.807) is 7.11 Å². The van der Waals surface area contributed by atoms with Crippen molar-refractivity contribution in [3.8, 4) is 5.75 Å². The molecule has 0 amide bonds. The number of hydrogen-bond donors (Lipinski definition) is 2. The fourth-order valence-corrected chi connectivity index (χ4v) is 4.72. The monoisotopic (exact) mass is 308 g/mol. The zero-order valence-corrected chi connectivity index (χ0v) is 12.8. The molecule has 0 spiro atoms. The Bertz CT molecular complexity index is 574. The summed E-state index contributed by atoms with van der Waals surface area (Å²) in [6.07, 6.45) is 2.88. The van der Waals surface area contributed by atoms with Crippen LogP contribution < -0.4 is 4.74 Å². The summed E-state index contributed by atoms with van der Waals surface area (Å²) < 4.78 is 10.9. The molecular weight excluding hydrogens is 284 g/mol. The second kappa shape index (κ2) is 5.20. The molecule has 1 aliphatic heterocycles. The van der Waals surface area contributed by atoms with Crippen molar-refractivity contribution in [1.29, 1.82) is 0 Å². The third-order valence-electron chi connectivity index (χ3n) is 5.94. The molecule has 22 heavy (non-hydrogen) atoms. The van der Waals surface area contributed by atoms with Gasteiger partial charge in [-0.15, -0.1) is 0 Å². The van der Waals surface area contributed by atoms with Crippen LogP contribution in [-0.2, 0) is 16.8 Å². The van der Waals surface area contributed by atoms with Gasteiger partial charge >= 0.3 is 0 Å². The van der Waals surface area contributed by atoms with Gasteiger partial charge in [0.25, 0.3) is 0 Å². The molecule has 4 N–H and O–H groups in total. The minimum Gasteiger partial charge on any atom is -0.497 e. The van der Waals surface area contributed by atoms with Crippen LogP contribution in [0.3, 0.4) is 0 Å². The number of methoxy groups -OCH3 is 1. The summed E-state index contributed by atoms with van der Waals surface area (Å²) in [6.45, 7) is 1.29. The van der Waals surface area contributed by atoms with Crippen molar-refractivity contribution in [2.45, 2.75) is 36.9 Å². The predicted octanol–water partition coefficient (Wildman–Crippen LogP) is 0.792. The molecule has 0 unspecified atom stereocenters. The third kappa shape index (κ3) is 1.86. The molecule has 1 saturated heterocycles. The van der Waals surface area contributed by atoms with Gasteiger partial charge in [0.05, 0.1) is 13.7 Å². The topological polar surface area (TPSA) is 90.4 Å². The molecule has 3 aliphatic rings. The van der Waals surface area contributed by atoms with Crippen molar-refractivity contribution in [2.75, 3.05) is 20.3 Å². The van der Waals surface area contributed by atoms with Crippen LogP contribution in [-0.4, -0.2) is 41.6 Å². The summed E-state index contributed by atoms with van der Waals surface area (Å²) in [6, 6.07) is 5.79. The van der Waals surface area contributed by atoms with Gasteiger partial charge in [-0.25, -0.2) is 0 Å². The van der Waals surface area contributed by atoms with Gasteiger partial charge in [-0.1, -0.05) is 6.07 Å². The lowest BCUT2D eigenvalue weighted by Crippen LogP contribution is -2.63. The first-order valence-electron chi connectivity index (χ1n) is 7.78. The number of benzene rings is 1. The SMILES string of the molecule is COc1ccc2c(c1)CC[C@]1(O)[C@@H]3COC[C@@H]3CC[C@]21O.O. The maximum Gasteiger partial charge on any atom is 0.119 e. The standard InChI is InChI=1S/C17H22O4.H2O/c1-20-13-2-3-14-11(8-13)4-6-17(19)15-10-21-9-12(15)5-7-16(14,17)18;/h2-3,8,12,15,18-19H,4-7,9-10H2,1H3;1H2/t12-,15+,16-,17-;/m0./s1. The van der Waals surface area contributed by atoms with Crippen molar-refractivity contribution >= 4 is 0 Å². The summed E-state index contributed by atoms with van der Waals surface area (Å²) in [5.74, 6) is 1.24. The highest BCUT2D eigenvalue weighted by Crippen LogP contribution is 2.56. The lowest BCUT2D eigenvalue weighted by atomic mass is 9.55. The number of aryl methyl sites for hydroxylation is 1. The van der Waals surface area contributed by atoms with E-state index in [9.17, 15) is 10.2 Å². The van der Waals surface area contributed by atoms with E-state index < -0.39 is 11.2 Å². The Morgan fingerprint density at radius 2 is 2.05 bits per heavy atom. The Hall–Kier alpha value is -1.14. The van der Waals surface area contributed by atoms with E-state index in [1.807, 2.05) is 18.2 Å². The normalized spacial score (nSPS) is 39.2. The zero-order chi connectivity index (χ0) is 14.7.